The van der Waals surface area contributed by atoms with Crippen LogP contribution in [0.1, 0.15) is 18.4 Å². The molecule has 0 saturated carbocycles. The Bertz CT molecular complexity index is 533. The molecule has 1 aliphatic rings. The molecule has 1 aliphatic heterocycles. The van der Waals surface area contributed by atoms with E-state index in [9.17, 15) is 10.1 Å². The molecular weight excluding hydrogens is 258 g/mol. The lowest BCUT2D eigenvalue weighted by Gasteiger charge is -2.18. The predicted octanol–water partition coefficient (Wildman–Crippen LogP) is 1.87. The van der Waals surface area contributed by atoms with Crippen molar-refractivity contribution in [3.63, 3.8) is 0 Å². The van der Waals surface area contributed by atoms with Crippen LogP contribution in [-0.2, 0) is 6.42 Å². The smallest absolute Gasteiger partial charge is 0.292 e. The van der Waals surface area contributed by atoms with E-state index in [1.807, 2.05) is 11.0 Å². The predicted molar refractivity (Wildman–Crippen MR) is 74.4 cm³/mol. The van der Waals surface area contributed by atoms with Gasteiger partial charge in [-0.15, -0.1) is 0 Å². The van der Waals surface area contributed by atoms with Crippen LogP contribution in [0.3, 0.4) is 0 Å². The van der Waals surface area contributed by atoms with Gasteiger partial charge < -0.3 is 10.0 Å². The molecule has 106 valence electrons. The largest absolute Gasteiger partial charge is 0.395 e. The first-order valence-electron chi connectivity index (χ1n) is 6.68. The third-order valence-electron chi connectivity index (χ3n) is 3.57. The number of nitriles is 1. The van der Waals surface area contributed by atoms with E-state index in [-0.39, 0.29) is 17.2 Å². The van der Waals surface area contributed by atoms with Gasteiger partial charge in [0.15, 0.2) is 0 Å². The number of nitrogens with zero attached hydrogens (tertiary/aromatic N) is 3. The Balaban J connectivity index is 2.28. The van der Waals surface area contributed by atoms with E-state index in [2.05, 4.69) is 0 Å². The van der Waals surface area contributed by atoms with Crippen LogP contribution in [0, 0.1) is 27.4 Å². The fraction of sp³-hybridized carbons (Fsp3) is 0.500. The molecule has 1 heterocycles. The molecule has 20 heavy (non-hydrogen) atoms. The average Bonchev–Trinajstić information content (AvgIpc) is 2.98. The van der Waals surface area contributed by atoms with Crippen LogP contribution in [0.4, 0.5) is 11.4 Å². The lowest BCUT2D eigenvalue weighted by atomic mass is 10.0. The van der Waals surface area contributed by atoms with Crippen LogP contribution < -0.4 is 4.90 Å². The number of nitro benzene ring substituents is 1. The summed E-state index contributed by atoms with van der Waals surface area (Å²) in [7, 11) is 0. The SMILES string of the molecule is N#CC(CO)Cc1ccc(N2CCCC2)c([N+](=O)[O-])c1. The number of hydrogen-bond acceptors (Lipinski definition) is 5. The molecule has 1 atom stereocenters. The quantitative estimate of drug-likeness (QED) is 0.654. The summed E-state index contributed by atoms with van der Waals surface area (Å²) in [6.07, 6.45) is 2.44. The average molecular weight is 275 g/mol. The van der Waals surface area contributed by atoms with Gasteiger partial charge in [-0.1, -0.05) is 6.07 Å². The summed E-state index contributed by atoms with van der Waals surface area (Å²) in [6, 6.07) is 7.07. The first kappa shape index (κ1) is 14.3. The highest BCUT2D eigenvalue weighted by Crippen LogP contribution is 2.32. The maximum atomic E-state index is 11.2. The molecule has 1 aromatic rings. The van der Waals surface area contributed by atoms with Crippen molar-refractivity contribution in [1.82, 2.24) is 0 Å². The number of hydrogen-bond donors (Lipinski definition) is 1. The summed E-state index contributed by atoms with van der Waals surface area (Å²) in [5, 5.41) is 29.1. The molecule has 0 aromatic heterocycles. The van der Waals surface area contributed by atoms with Gasteiger partial charge in [0.1, 0.15) is 5.69 Å². The normalized spacial score (nSPS) is 15.9. The van der Waals surface area contributed by atoms with Crippen molar-refractivity contribution in [2.45, 2.75) is 19.3 Å². The molecule has 1 N–H and O–H groups in total. The molecule has 0 bridgehead atoms. The van der Waals surface area contributed by atoms with Crippen LogP contribution in [0.5, 0.6) is 0 Å². The number of benzene rings is 1. The van der Waals surface area contributed by atoms with Gasteiger partial charge in [0.05, 0.1) is 23.5 Å². The topological polar surface area (TPSA) is 90.4 Å². The van der Waals surface area contributed by atoms with E-state index >= 15 is 0 Å². The lowest BCUT2D eigenvalue weighted by Crippen LogP contribution is -2.19. The van der Waals surface area contributed by atoms with Crippen LogP contribution >= 0.6 is 0 Å². The maximum absolute atomic E-state index is 11.2. The van der Waals surface area contributed by atoms with E-state index in [4.69, 9.17) is 10.4 Å². The van der Waals surface area contributed by atoms with E-state index in [1.54, 1.807) is 12.1 Å². The number of rotatable bonds is 5. The molecular formula is C14H17N3O3. The Morgan fingerprint density at radius 1 is 1.45 bits per heavy atom. The van der Waals surface area contributed by atoms with Crippen molar-refractivity contribution in [3.05, 3.63) is 33.9 Å². The van der Waals surface area contributed by atoms with Crippen molar-refractivity contribution >= 4 is 11.4 Å². The summed E-state index contributed by atoms with van der Waals surface area (Å²) in [4.78, 5) is 12.9. The second kappa shape index (κ2) is 6.35. The number of nitro groups is 1. The molecule has 6 heteroatoms. The van der Waals surface area contributed by atoms with Crippen molar-refractivity contribution in [1.29, 1.82) is 5.26 Å². The minimum absolute atomic E-state index is 0.0824. The fourth-order valence-corrected chi connectivity index (χ4v) is 2.50. The molecule has 0 radical (unpaired) electrons. The Morgan fingerprint density at radius 3 is 2.70 bits per heavy atom. The monoisotopic (exact) mass is 275 g/mol. The summed E-state index contributed by atoms with van der Waals surface area (Å²) in [6.45, 7) is 1.45. The summed E-state index contributed by atoms with van der Waals surface area (Å²) < 4.78 is 0. The second-order valence-electron chi connectivity index (χ2n) is 4.99. The molecule has 1 saturated heterocycles. The minimum Gasteiger partial charge on any atom is -0.395 e. The molecule has 6 nitrogen and oxygen atoms in total. The zero-order valence-corrected chi connectivity index (χ0v) is 11.2. The number of anilines is 1. The molecule has 1 unspecified atom stereocenters. The zero-order valence-electron chi connectivity index (χ0n) is 11.2. The minimum atomic E-state index is -0.521. The van der Waals surface area contributed by atoms with Gasteiger partial charge in [0.2, 0.25) is 0 Å². The lowest BCUT2D eigenvalue weighted by molar-refractivity contribution is -0.384. The fourth-order valence-electron chi connectivity index (χ4n) is 2.50. The van der Waals surface area contributed by atoms with E-state index in [0.717, 1.165) is 25.9 Å². The molecule has 2 rings (SSSR count). The van der Waals surface area contributed by atoms with E-state index in [0.29, 0.717) is 17.7 Å². The van der Waals surface area contributed by atoms with Crippen LogP contribution in [-0.4, -0.2) is 29.7 Å². The van der Waals surface area contributed by atoms with Crippen LogP contribution in [0.15, 0.2) is 18.2 Å². The van der Waals surface area contributed by atoms with Gasteiger partial charge in [0, 0.05) is 19.2 Å². The van der Waals surface area contributed by atoms with Crippen LogP contribution in [0.25, 0.3) is 0 Å². The molecule has 1 aromatic carbocycles. The Labute approximate surface area is 117 Å². The first-order valence-corrected chi connectivity index (χ1v) is 6.68. The molecule has 1 fully saturated rings. The van der Waals surface area contributed by atoms with E-state index < -0.39 is 5.92 Å². The van der Waals surface area contributed by atoms with Crippen molar-refractivity contribution in [2.75, 3.05) is 24.6 Å². The van der Waals surface area contributed by atoms with Gasteiger partial charge in [-0.25, -0.2) is 0 Å². The highest BCUT2D eigenvalue weighted by molar-refractivity contribution is 5.64. The number of aliphatic hydroxyl groups is 1. The summed E-state index contributed by atoms with van der Waals surface area (Å²) in [5.74, 6) is -0.521. The van der Waals surface area contributed by atoms with Crippen molar-refractivity contribution in [3.8, 4) is 6.07 Å². The van der Waals surface area contributed by atoms with Gasteiger partial charge >= 0.3 is 0 Å². The Hall–Kier alpha value is -2.13. The third kappa shape index (κ3) is 3.06. The maximum Gasteiger partial charge on any atom is 0.292 e. The second-order valence-corrected chi connectivity index (χ2v) is 4.99. The number of aliphatic hydroxyl groups excluding tert-OH is 1. The van der Waals surface area contributed by atoms with Gasteiger partial charge in [-0.3, -0.25) is 10.1 Å². The summed E-state index contributed by atoms with van der Waals surface area (Å²) >= 11 is 0. The van der Waals surface area contributed by atoms with Gasteiger partial charge in [-0.05, 0) is 30.9 Å². The molecule has 0 aliphatic carbocycles. The zero-order chi connectivity index (χ0) is 14.5. The van der Waals surface area contributed by atoms with Gasteiger partial charge in [0.25, 0.3) is 5.69 Å². The summed E-state index contributed by atoms with van der Waals surface area (Å²) in [5.41, 5.74) is 1.44. The standard InChI is InChI=1S/C14H17N3O3/c15-9-12(10-18)7-11-3-4-13(14(8-11)17(19)20)16-5-1-2-6-16/h3-4,8,12,18H,1-2,5-7,10H2. The van der Waals surface area contributed by atoms with Crippen molar-refractivity contribution in [2.24, 2.45) is 5.92 Å². The first-order chi connectivity index (χ1) is 9.65. The molecule has 0 amide bonds. The highest BCUT2D eigenvalue weighted by Gasteiger charge is 2.23. The van der Waals surface area contributed by atoms with E-state index in [1.165, 1.54) is 6.07 Å². The highest BCUT2D eigenvalue weighted by atomic mass is 16.6. The Morgan fingerprint density at radius 2 is 2.15 bits per heavy atom. The third-order valence-corrected chi connectivity index (χ3v) is 3.57. The van der Waals surface area contributed by atoms with Crippen LogP contribution in [0.2, 0.25) is 0 Å². The Kier molecular flexibility index (Phi) is 4.53. The van der Waals surface area contributed by atoms with Crippen molar-refractivity contribution < 1.29 is 10.0 Å². The van der Waals surface area contributed by atoms with Gasteiger partial charge in [-0.2, -0.15) is 5.26 Å². The molecule has 0 spiro atoms.